The summed E-state index contributed by atoms with van der Waals surface area (Å²) in [6.45, 7) is 3.14. The lowest BCUT2D eigenvalue weighted by Gasteiger charge is -2.56. The van der Waals surface area contributed by atoms with E-state index in [0.717, 1.165) is 24.4 Å². The SMILES string of the molecule is CCCCCONC12CC3CC(CC(C3)C1)C2. The minimum Gasteiger partial charge on any atom is -0.301 e. The third-order valence-electron chi connectivity index (χ3n) is 5.18. The Morgan fingerprint density at radius 2 is 1.59 bits per heavy atom. The fourth-order valence-electron chi connectivity index (χ4n) is 4.86. The van der Waals surface area contributed by atoms with E-state index in [2.05, 4.69) is 12.4 Å². The number of hydrogen-bond donors (Lipinski definition) is 1. The molecule has 4 aliphatic carbocycles. The highest BCUT2D eigenvalue weighted by molar-refractivity contribution is 5.05. The van der Waals surface area contributed by atoms with Crippen LogP contribution in [0, 0.1) is 17.8 Å². The van der Waals surface area contributed by atoms with Crippen LogP contribution in [0.25, 0.3) is 0 Å². The molecule has 4 fully saturated rings. The van der Waals surface area contributed by atoms with Crippen LogP contribution in [0.1, 0.15) is 64.7 Å². The summed E-state index contributed by atoms with van der Waals surface area (Å²) in [5, 5.41) is 0. The van der Waals surface area contributed by atoms with E-state index in [4.69, 9.17) is 4.84 Å². The van der Waals surface area contributed by atoms with Crippen LogP contribution < -0.4 is 5.48 Å². The fourth-order valence-corrected chi connectivity index (χ4v) is 4.86. The summed E-state index contributed by atoms with van der Waals surface area (Å²) in [5.41, 5.74) is 3.86. The standard InChI is InChI=1S/C15H27NO/c1-2-3-4-5-17-16-15-9-12-6-13(10-15)8-14(7-12)11-15/h12-14,16H,2-11H2,1H3. The molecule has 0 radical (unpaired) electrons. The summed E-state index contributed by atoms with van der Waals surface area (Å²) in [6.07, 6.45) is 12.5. The second kappa shape index (κ2) is 4.89. The van der Waals surface area contributed by atoms with E-state index in [0.29, 0.717) is 5.54 Å². The van der Waals surface area contributed by atoms with Gasteiger partial charge in [0.1, 0.15) is 0 Å². The summed E-state index contributed by atoms with van der Waals surface area (Å²) in [5.74, 6) is 3.02. The average molecular weight is 237 g/mol. The van der Waals surface area contributed by atoms with Crippen molar-refractivity contribution in [3.63, 3.8) is 0 Å². The van der Waals surface area contributed by atoms with Crippen LogP contribution in [0.4, 0.5) is 0 Å². The second-order valence-corrected chi connectivity index (χ2v) is 6.86. The molecule has 4 aliphatic rings. The Bertz CT molecular complexity index is 228. The van der Waals surface area contributed by atoms with Crippen molar-refractivity contribution in [3.05, 3.63) is 0 Å². The third-order valence-corrected chi connectivity index (χ3v) is 5.18. The molecule has 0 aliphatic heterocycles. The van der Waals surface area contributed by atoms with Gasteiger partial charge in [0, 0.05) is 5.54 Å². The van der Waals surface area contributed by atoms with Gasteiger partial charge in [-0.05, 0) is 62.7 Å². The maximum atomic E-state index is 5.77. The van der Waals surface area contributed by atoms with Gasteiger partial charge in [-0.15, -0.1) is 0 Å². The summed E-state index contributed by atoms with van der Waals surface area (Å²) < 4.78 is 0. The molecular formula is C15H27NO. The van der Waals surface area contributed by atoms with Gasteiger partial charge in [0.2, 0.25) is 0 Å². The van der Waals surface area contributed by atoms with Crippen LogP contribution in [0.3, 0.4) is 0 Å². The zero-order valence-corrected chi connectivity index (χ0v) is 11.2. The number of hydroxylamine groups is 1. The number of hydrogen-bond acceptors (Lipinski definition) is 2. The van der Waals surface area contributed by atoms with Gasteiger partial charge in [-0.3, -0.25) is 0 Å². The minimum atomic E-state index is 0.376. The summed E-state index contributed by atoms with van der Waals surface area (Å²) >= 11 is 0. The zero-order chi connectivity index (χ0) is 11.7. The van der Waals surface area contributed by atoms with Crippen molar-refractivity contribution in [1.29, 1.82) is 0 Å². The lowest BCUT2D eigenvalue weighted by molar-refractivity contribution is -0.110. The van der Waals surface area contributed by atoms with Crippen LogP contribution in [-0.4, -0.2) is 12.1 Å². The van der Waals surface area contributed by atoms with Crippen LogP contribution in [0.15, 0.2) is 0 Å². The first-order valence-corrected chi connectivity index (χ1v) is 7.68. The molecule has 0 aromatic carbocycles. The number of nitrogens with one attached hydrogen (secondary N) is 1. The van der Waals surface area contributed by atoms with Crippen molar-refractivity contribution in [3.8, 4) is 0 Å². The number of unbranched alkanes of at least 4 members (excludes halogenated alkanes) is 2. The Balaban J connectivity index is 1.49. The fraction of sp³-hybridized carbons (Fsp3) is 1.00. The molecule has 2 heteroatoms. The van der Waals surface area contributed by atoms with Crippen molar-refractivity contribution < 1.29 is 4.84 Å². The van der Waals surface area contributed by atoms with Gasteiger partial charge >= 0.3 is 0 Å². The lowest BCUT2D eigenvalue weighted by Crippen LogP contribution is -2.58. The van der Waals surface area contributed by atoms with Crippen LogP contribution in [0.2, 0.25) is 0 Å². The van der Waals surface area contributed by atoms with E-state index in [9.17, 15) is 0 Å². The van der Waals surface area contributed by atoms with Gasteiger partial charge < -0.3 is 4.84 Å². The molecule has 4 saturated carbocycles. The normalized spacial score (nSPS) is 43.2. The van der Waals surface area contributed by atoms with E-state index >= 15 is 0 Å². The Labute approximate surface area is 105 Å². The molecule has 1 N–H and O–H groups in total. The molecule has 0 amide bonds. The van der Waals surface area contributed by atoms with E-state index in [1.54, 1.807) is 0 Å². The smallest absolute Gasteiger partial charge is 0.0682 e. The second-order valence-electron chi connectivity index (χ2n) is 6.86. The maximum absolute atomic E-state index is 5.77. The Kier molecular flexibility index (Phi) is 3.45. The summed E-state index contributed by atoms with van der Waals surface area (Å²) in [6, 6.07) is 0. The predicted molar refractivity (Wildman–Crippen MR) is 69.5 cm³/mol. The van der Waals surface area contributed by atoms with Crippen molar-refractivity contribution in [2.24, 2.45) is 17.8 Å². The zero-order valence-electron chi connectivity index (χ0n) is 11.2. The predicted octanol–water partition coefficient (Wildman–Crippen LogP) is 3.67. The third kappa shape index (κ3) is 2.53. The highest BCUT2D eigenvalue weighted by Gasteiger charge is 2.51. The summed E-state index contributed by atoms with van der Waals surface area (Å²) in [4.78, 5) is 5.77. The maximum Gasteiger partial charge on any atom is 0.0682 e. The lowest BCUT2D eigenvalue weighted by atomic mass is 9.53. The molecule has 4 rings (SSSR count). The Hall–Kier alpha value is -0.0800. The monoisotopic (exact) mass is 237 g/mol. The molecular weight excluding hydrogens is 210 g/mol. The molecule has 2 nitrogen and oxygen atoms in total. The first-order valence-electron chi connectivity index (χ1n) is 7.68. The topological polar surface area (TPSA) is 21.3 Å². The van der Waals surface area contributed by atoms with Crippen LogP contribution >= 0.6 is 0 Å². The molecule has 0 atom stereocenters. The van der Waals surface area contributed by atoms with Crippen molar-refractivity contribution >= 4 is 0 Å². The largest absolute Gasteiger partial charge is 0.301 e. The number of rotatable bonds is 6. The van der Waals surface area contributed by atoms with Crippen molar-refractivity contribution in [2.75, 3.05) is 6.61 Å². The molecule has 0 spiro atoms. The Morgan fingerprint density at radius 1 is 1.00 bits per heavy atom. The van der Waals surface area contributed by atoms with Crippen LogP contribution in [-0.2, 0) is 4.84 Å². The van der Waals surface area contributed by atoms with Crippen molar-refractivity contribution in [2.45, 2.75) is 70.3 Å². The van der Waals surface area contributed by atoms with Gasteiger partial charge in [-0.1, -0.05) is 19.8 Å². The molecule has 0 unspecified atom stereocenters. The Morgan fingerprint density at radius 3 is 2.12 bits per heavy atom. The van der Waals surface area contributed by atoms with E-state index in [1.807, 2.05) is 0 Å². The van der Waals surface area contributed by atoms with Gasteiger partial charge in [0.15, 0.2) is 0 Å². The quantitative estimate of drug-likeness (QED) is 0.562. The molecule has 98 valence electrons. The van der Waals surface area contributed by atoms with E-state index in [1.165, 1.54) is 57.8 Å². The molecule has 0 aromatic heterocycles. The van der Waals surface area contributed by atoms with E-state index < -0.39 is 0 Å². The van der Waals surface area contributed by atoms with E-state index in [-0.39, 0.29) is 0 Å². The highest BCUT2D eigenvalue weighted by atomic mass is 16.6. The summed E-state index contributed by atoms with van der Waals surface area (Å²) in [7, 11) is 0. The van der Waals surface area contributed by atoms with Crippen LogP contribution in [0.5, 0.6) is 0 Å². The van der Waals surface area contributed by atoms with Crippen molar-refractivity contribution in [1.82, 2.24) is 5.48 Å². The van der Waals surface area contributed by atoms with Gasteiger partial charge in [0.25, 0.3) is 0 Å². The first-order chi connectivity index (χ1) is 8.30. The molecule has 0 aromatic rings. The molecule has 0 heterocycles. The first kappa shape index (κ1) is 12.0. The van der Waals surface area contributed by atoms with Gasteiger partial charge in [-0.2, -0.15) is 5.48 Å². The molecule has 0 saturated heterocycles. The highest BCUT2D eigenvalue weighted by Crippen LogP contribution is 2.55. The van der Waals surface area contributed by atoms with Gasteiger partial charge in [0.05, 0.1) is 6.61 Å². The van der Waals surface area contributed by atoms with Gasteiger partial charge in [-0.25, -0.2) is 0 Å². The molecule has 17 heavy (non-hydrogen) atoms. The molecule has 4 bridgehead atoms. The minimum absolute atomic E-state index is 0.376. The average Bonchev–Trinajstić information content (AvgIpc) is 2.26.